The van der Waals surface area contributed by atoms with E-state index in [1.54, 1.807) is 12.4 Å². The molecule has 0 unspecified atom stereocenters. The molecule has 0 saturated heterocycles. The second kappa shape index (κ2) is 7.43. The lowest BCUT2D eigenvalue weighted by Crippen LogP contribution is -2.16. The van der Waals surface area contributed by atoms with Crippen molar-refractivity contribution in [2.45, 2.75) is 26.7 Å². The zero-order valence-electron chi connectivity index (χ0n) is 12.5. The zero-order chi connectivity index (χ0) is 15.1. The Kier molecular flexibility index (Phi) is 5.32. The molecule has 1 aromatic heterocycles. The van der Waals surface area contributed by atoms with Crippen molar-refractivity contribution < 1.29 is 4.79 Å². The van der Waals surface area contributed by atoms with Crippen molar-refractivity contribution in [2.24, 2.45) is 0 Å². The predicted octanol–water partition coefficient (Wildman–Crippen LogP) is 3.72. The van der Waals surface area contributed by atoms with E-state index in [1.807, 2.05) is 30.3 Å². The van der Waals surface area contributed by atoms with Crippen molar-refractivity contribution in [3.8, 4) is 0 Å². The highest BCUT2D eigenvalue weighted by atomic mass is 16.1. The molecule has 1 heterocycles. The quantitative estimate of drug-likeness (QED) is 0.849. The number of hydrogen-bond donors (Lipinski definition) is 2. The molecule has 4 heteroatoms. The molecule has 110 valence electrons. The number of aromatic nitrogens is 1. The Hall–Kier alpha value is -2.36. The van der Waals surface area contributed by atoms with Gasteiger partial charge in [0.25, 0.3) is 5.91 Å². The molecule has 2 N–H and O–H groups in total. The molecule has 0 radical (unpaired) electrons. The fraction of sp³-hybridized carbons (Fsp3) is 0.294. The molecule has 1 aromatic carbocycles. The van der Waals surface area contributed by atoms with Crippen LogP contribution in [0.1, 0.15) is 36.2 Å². The molecular weight excluding hydrogens is 262 g/mol. The van der Waals surface area contributed by atoms with E-state index in [0.717, 1.165) is 36.3 Å². The van der Waals surface area contributed by atoms with Crippen LogP contribution >= 0.6 is 0 Å². The maximum absolute atomic E-state index is 12.5. The fourth-order valence-corrected chi connectivity index (χ4v) is 2.13. The first-order valence-electron chi connectivity index (χ1n) is 7.33. The van der Waals surface area contributed by atoms with Crippen LogP contribution in [0.5, 0.6) is 0 Å². The van der Waals surface area contributed by atoms with E-state index in [-0.39, 0.29) is 5.91 Å². The number of amides is 1. The number of aryl methyl sites for hydroxylation is 1. The van der Waals surface area contributed by atoms with E-state index in [1.165, 1.54) is 0 Å². The number of para-hydroxylation sites is 1. The van der Waals surface area contributed by atoms with Crippen LogP contribution in [0, 0.1) is 0 Å². The zero-order valence-corrected chi connectivity index (χ0v) is 12.5. The van der Waals surface area contributed by atoms with Gasteiger partial charge in [0.1, 0.15) is 0 Å². The van der Waals surface area contributed by atoms with Gasteiger partial charge in [0.15, 0.2) is 0 Å². The van der Waals surface area contributed by atoms with Crippen LogP contribution in [0.3, 0.4) is 0 Å². The van der Waals surface area contributed by atoms with Crippen LogP contribution < -0.4 is 10.6 Å². The van der Waals surface area contributed by atoms with Crippen molar-refractivity contribution in [1.82, 2.24) is 4.98 Å². The summed E-state index contributed by atoms with van der Waals surface area (Å²) >= 11 is 0. The van der Waals surface area contributed by atoms with Gasteiger partial charge >= 0.3 is 0 Å². The molecule has 21 heavy (non-hydrogen) atoms. The third kappa shape index (κ3) is 3.81. The number of hydrogen-bond acceptors (Lipinski definition) is 3. The number of carbonyl (C=O) groups excluding carboxylic acids is 1. The Labute approximate surface area is 125 Å². The molecule has 4 nitrogen and oxygen atoms in total. The van der Waals surface area contributed by atoms with Crippen molar-refractivity contribution in [3.05, 3.63) is 53.9 Å². The van der Waals surface area contributed by atoms with Crippen molar-refractivity contribution in [2.75, 3.05) is 17.2 Å². The second-order valence-electron chi connectivity index (χ2n) is 4.81. The first-order chi connectivity index (χ1) is 10.3. The summed E-state index contributed by atoms with van der Waals surface area (Å²) < 4.78 is 0. The molecule has 0 fully saturated rings. The lowest BCUT2D eigenvalue weighted by atomic mass is 10.1. The van der Waals surface area contributed by atoms with Gasteiger partial charge in [-0.05, 0) is 30.5 Å². The van der Waals surface area contributed by atoms with E-state index in [0.29, 0.717) is 5.56 Å². The summed E-state index contributed by atoms with van der Waals surface area (Å²) in [4.78, 5) is 16.5. The molecule has 0 spiro atoms. The van der Waals surface area contributed by atoms with Crippen LogP contribution in [0.4, 0.5) is 11.4 Å². The molecule has 0 aliphatic carbocycles. The summed E-state index contributed by atoms with van der Waals surface area (Å²) in [6.07, 6.45) is 5.17. The van der Waals surface area contributed by atoms with Crippen LogP contribution in [-0.2, 0) is 6.42 Å². The maximum Gasteiger partial charge on any atom is 0.259 e. The minimum absolute atomic E-state index is 0.136. The Balaban J connectivity index is 2.20. The Morgan fingerprint density at radius 3 is 2.71 bits per heavy atom. The summed E-state index contributed by atoms with van der Waals surface area (Å²) in [6.45, 7) is 4.99. The summed E-state index contributed by atoms with van der Waals surface area (Å²) in [5.41, 5.74) is 3.36. The smallest absolute Gasteiger partial charge is 0.259 e. The van der Waals surface area contributed by atoms with Gasteiger partial charge in [0, 0.05) is 24.6 Å². The van der Waals surface area contributed by atoms with Gasteiger partial charge in [-0.15, -0.1) is 0 Å². The molecule has 0 aliphatic rings. The number of carbonyl (C=O) groups is 1. The highest BCUT2D eigenvalue weighted by Crippen LogP contribution is 2.19. The van der Waals surface area contributed by atoms with Crippen molar-refractivity contribution in [3.63, 3.8) is 0 Å². The highest BCUT2D eigenvalue weighted by Gasteiger charge is 2.12. The second-order valence-corrected chi connectivity index (χ2v) is 4.81. The standard InChI is InChI=1S/C17H21N3O/c1-3-10-19-16-9-11-18-12-14(16)17(21)20-15-8-6-5-7-13(15)4-2/h5-9,11-12H,3-4,10H2,1-2H3,(H,18,19)(H,20,21). The first kappa shape index (κ1) is 15.0. The number of benzene rings is 1. The molecule has 2 aromatic rings. The van der Waals surface area contributed by atoms with Gasteiger partial charge in [0.05, 0.1) is 11.3 Å². The van der Waals surface area contributed by atoms with E-state index >= 15 is 0 Å². The largest absolute Gasteiger partial charge is 0.384 e. The molecule has 2 rings (SSSR count). The van der Waals surface area contributed by atoms with Gasteiger partial charge < -0.3 is 10.6 Å². The number of rotatable bonds is 6. The lowest BCUT2D eigenvalue weighted by molar-refractivity contribution is 0.102. The van der Waals surface area contributed by atoms with Gasteiger partial charge in [-0.1, -0.05) is 32.0 Å². The Bertz CT molecular complexity index is 610. The average Bonchev–Trinajstić information content (AvgIpc) is 2.53. The summed E-state index contributed by atoms with van der Waals surface area (Å²) in [6, 6.07) is 9.68. The van der Waals surface area contributed by atoms with Gasteiger partial charge in [-0.3, -0.25) is 9.78 Å². The molecule has 0 saturated carbocycles. The Morgan fingerprint density at radius 1 is 1.14 bits per heavy atom. The van der Waals surface area contributed by atoms with Gasteiger partial charge in [-0.2, -0.15) is 0 Å². The van der Waals surface area contributed by atoms with Crippen LogP contribution in [0.2, 0.25) is 0 Å². The number of anilines is 2. The molecule has 0 bridgehead atoms. The maximum atomic E-state index is 12.5. The minimum Gasteiger partial charge on any atom is -0.384 e. The van der Waals surface area contributed by atoms with Crippen molar-refractivity contribution >= 4 is 17.3 Å². The fourth-order valence-electron chi connectivity index (χ4n) is 2.13. The number of nitrogens with zero attached hydrogens (tertiary/aromatic N) is 1. The summed E-state index contributed by atoms with van der Waals surface area (Å²) in [7, 11) is 0. The highest BCUT2D eigenvalue weighted by molar-refractivity contribution is 6.08. The van der Waals surface area contributed by atoms with E-state index < -0.39 is 0 Å². The lowest BCUT2D eigenvalue weighted by Gasteiger charge is -2.13. The molecule has 0 aliphatic heterocycles. The molecule has 1 amide bonds. The van der Waals surface area contributed by atoms with E-state index in [2.05, 4.69) is 29.5 Å². The van der Waals surface area contributed by atoms with Gasteiger partial charge in [-0.25, -0.2) is 0 Å². The van der Waals surface area contributed by atoms with Gasteiger partial charge in [0.2, 0.25) is 0 Å². The number of pyridine rings is 1. The average molecular weight is 283 g/mol. The monoisotopic (exact) mass is 283 g/mol. The van der Waals surface area contributed by atoms with Crippen LogP contribution in [-0.4, -0.2) is 17.4 Å². The van der Waals surface area contributed by atoms with Crippen LogP contribution in [0.15, 0.2) is 42.7 Å². The molecule has 0 atom stereocenters. The summed E-state index contributed by atoms with van der Waals surface area (Å²) in [5, 5.41) is 6.23. The van der Waals surface area contributed by atoms with Crippen LogP contribution in [0.25, 0.3) is 0 Å². The first-order valence-corrected chi connectivity index (χ1v) is 7.33. The van der Waals surface area contributed by atoms with E-state index in [4.69, 9.17) is 0 Å². The Morgan fingerprint density at radius 2 is 1.95 bits per heavy atom. The topological polar surface area (TPSA) is 54.0 Å². The summed E-state index contributed by atoms with van der Waals surface area (Å²) in [5.74, 6) is -0.136. The van der Waals surface area contributed by atoms with E-state index in [9.17, 15) is 4.79 Å². The van der Waals surface area contributed by atoms with Crippen molar-refractivity contribution in [1.29, 1.82) is 0 Å². The molecular formula is C17H21N3O. The third-order valence-electron chi connectivity index (χ3n) is 3.28. The number of nitrogens with one attached hydrogen (secondary N) is 2. The third-order valence-corrected chi connectivity index (χ3v) is 3.28. The minimum atomic E-state index is -0.136. The predicted molar refractivity (Wildman–Crippen MR) is 86.8 cm³/mol. The normalized spacial score (nSPS) is 10.2. The SMILES string of the molecule is CCCNc1ccncc1C(=O)Nc1ccccc1CC.